The average molecular weight is 371 g/mol. The van der Waals surface area contributed by atoms with Crippen molar-refractivity contribution in [3.63, 3.8) is 0 Å². The van der Waals surface area contributed by atoms with E-state index >= 15 is 0 Å². The third-order valence-electron chi connectivity index (χ3n) is 4.68. The van der Waals surface area contributed by atoms with Crippen molar-refractivity contribution in [1.82, 2.24) is 0 Å². The highest BCUT2D eigenvalue weighted by Crippen LogP contribution is 2.33. The minimum absolute atomic E-state index is 0.0876. The van der Waals surface area contributed by atoms with Crippen LogP contribution >= 0.6 is 0 Å². The maximum Gasteiger partial charge on any atom is 0.231 e. The number of furan rings is 1. The number of carbonyl (C=O) groups is 1. The van der Waals surface area contributed by atoms with Crippen molar-refractivity contribution in [3.8, 4) is 22.8 Å². The summed E-state index contributed by atoms with van der Waals surface area (Å²) in [6, 6.07) is 23.1. The molecule has 138 valence electrons. The number of para-hydroxylation sites is 1. The van der Waals surface area contributed by atoms with Crippen molar-refractivity contribution in [3.05, 3.63) is 78.4 Å². The number of carbonyl (C=O) groups excluding carboxylic acids is 1. The van der Waals surface area contributed by atoms with E-state index in [1.54, 1.807) is 0 Å². The molecule has 0 saturated heterocycles. The van der Waals surface area contributed by atoms with E-state index in [-0.39, 0.29) is 19.1 Å². The summed E-state index contributed by atoms with van der Waals surface area (Å²) < 4.78 is 16.5. The summed E-state index contributed by atoms with van der Waals surface area (Å²) in [5.41, 5.74) is 3.44. The van der Waals surface area contributed by atoms with Crippen LogP contribution in [0.25, 0.3) is 22.3 Å². The fourth-order valence-electron chi connectivity index (χ4n) is 3.28. The van der Waals surface area contributed by atoms with Crippen LogP contribution in [0.15, 0.2) is 77.2 Å². The molecule has 0 aliphatic carbocycles. The number of anilines is 1. The quantitative estimate of drug-likeness (QED) is 0.548. The van der Waals surface area contributed by atoms with Gasteiger partial charge in [0, 0.05) is 16.6 Å². The molecule has 1 amide bonds. The molecule has 1 N–H and O–H groups in total. The second kappa shape index (κ2) is 6.78. The lowest BCUT2D eigenvalue weighted by Crippen LogP contribution is -2.14. The minimum Gasteiger partial charge on any atom is -0.456 e. The zero-order valence-corrected chi connectivity index (χ0v) is 15.0. The van der Waals surface area contributed by atoms with Crippen molar-refractivity contribution in [2.45, 2.75) is 6.42 Å². The zero-order valence-electron chi connectivity index (χ0n) is 15.0. The van der Waals surface area contributed by atoms with Gasteiger partial charge in [-0.15, -0.1) is 0 Å². The predicted molar refractivity (Wildman–Crippen MR) is 107 cm³/mol. The first-order valence-electron chi connectivity index (χ1n) is 9.02. The molecule has 3 aromatic carbocycles. The Kier molecular flexibility index (Phi) is 3.98. The van der Waals surface area contributed by atoms with E-state index < -0.39 is 0 Å². The highest BCUT2D eigenvalue weighted by molar-refractivity contribution is 5.92. The predicted octanol–water partition coefficient (Wildman–Crippen LogP) is 5.01. The van der Waals surface area contributed by atoms with Gasteiger partial charge in [0.25, 0.3) is 0 Å². The molecule has 5 rings (SSSR count). The van der Waals surface area contributed by atoms with Crippen LogP contribution in [0, 0.1) is 0 Å². The Hall–Kier alpha value is -3.73. The van der Waals surface area contributed by atoms with E-state index in [0.717, 1.165) is 33.5 Å². The molecule has 1 aromatic heterocycles. The van der Waals surface area contributed by atoms with Crippen LogP contribution < -0.4 is 14.8 Å². The van der Waals surface area contributed by atoms with Gasteiger partial charge in [0.15, 0.2) is 11.5 Å². The second-order valence-electron chi connectivity index (χ2n) is 6.64. The van der Waals surface area contributed by atoms with Crippen molar-refractivity contribution in [1.29, 1.82) is 0 Å². The van der Waals surface area contributed by atoms with Crippen LogP contribution in [0.2, 0.25) is 0 Å². The van der Waals surface area contributed by atoms with Gasteiger partial charge in [-0.05, 0) is 54.1 Å². The molecule has 0 unspecified atom stereocenters. The van der Waals surface area contributed by atoms with Gasteiger partial charge in [0.05, 0.1) is 6.42 Å². The first-order valence-corrected chi connectivity index (χ1v) is 9.02. The topological polar surface area (TPSA) is 60.7 Å². The maximum atomic E-state index is 12.4. The molecule has 0 atom stereocenters. The molecule has 1 aliphatic rings. The Bertz CT molecular complexity index is 1130. The lowest BCUT2D eigenvalue weighted by atomic mass is 10.1. The Morgan fingerprint density at radius 1 is 0.893 bits per heavy atom. The van der Waals surface area contributed by atoms with Gasteiger partial charge in [-0.25, -0.2) is 0 Å². The lowest BCUT2D eigenvalue weighted by molar-refractivity contribution is -0.115. The summed E-state index contributed by atoms with van der Waals surface area (Å²) in [5.74, 6) is 2.11. The molecule has 28 heavy (non-hydrogen) atoms. The van der Waals surface area contributed by atoms with Crippen LogP contribution in [0.1, 0.15) is 5.56 Å². The van der Waals surface area contributed by atoms with E-state index in [0.29, 0.717) is 11.5 Å². The zero-order chi connectivity index (χ0) is 18.9. The van der Waals surface area contributed by atoms with Crippen LogP contribution in [0.4, 0.5) is 5.69 Å². The van der Waals surface area contributed by atoms with E-state index in [1.807, 2.05) is 72.8 Å². The van der Waals surface area contributed by atoms with Crippen LogP contribution in [0.3, 0.4) is 0 Å². The monoisotopic (exact) mass is 371 g/mol. The summed E-state index contributed by atoms with van der Waals surface area (Å²) in [4.78, 5) is 12.4. The van der Waals surface area contributed by atoms with E-state index in [1.165, 1.54) is 0 Å². The number of hydrogen-bond donors (Lipinski definition) is 1. The molecule has 0 spiro atoms. The molecule has 0 bridgehead atoms. The molecular formula is C23H17NO4. The van der Waals surface area contributed by atoms with Crippen LogP contribution in [-0.4, -0.2) is 12.7 Å². The van der Waals surface area contributed by atoms with Gasteiger partial charge in [0.1, 0.15) is 11.3 Å². The van der Waals surface area contributed by atoms with Crippen LogP contribution in [-0.2, 0) is 11.2 Å². The molecule has 0 radical (unpaired) electrons. The number of nitrogens with one attached hydrogen (secondary N) is 1. The Morgan fingerprint density at radius 3 is 2.57 bits per heavy atom. The second-order valence-corrected chi connectivity index (χ2v) is 6.64. The van der Waals surface area contributed by atoms with E-state index in [2.05, 4.69) is 5.32 Å². The van der Waals surface area contributed by atoms with Crippen LogP contribution in [0.5, 0.6) is 11.5 Å². The lowest BCUT2D eigenvalue weighted by Gasteiger charge is -2.07. The summed E-state index contributed by atoms with van der Waals surface area (Å²) in [7, 11) is 0. The molecular weight excluding hydrogens is 354 g/mol. The van der Waals surface area contributed by atoms with Gasteiger partial charge in [-0.1, -0.05) is 24.3 Å². The van der Waals surface area contributed by atoms with Crippen molar-refractivity contribution in [2.75, 3.05) is 12.1 Å². The Morgan fingerprint density at radius 2 is 1.71 bits per heavy atom. The molecule has 1 aliphatic heterocycles. The Balaban J connectivity index is 1.27. The largest absolute Gasteiger partial charge is 0.456 e. The molecule has 5 heteroatoms. The number of rotatable bonds is 4. The summed E-state index contributed by atoms with van der Waals surface area (Å²) in [6.07, 6.45) is 0.266. The summed E-state index contributed by atoms with van der Waals surface area (Å²) >= 11 is 0. The maximum absolute atomic E-state index is 12.4. The molecule has 5 nitrogen and oxygen atoms in total. The van der Waals surface area contributed by atoms with Gasteiger partial charge in [0.2, 0.25) is 12.7 Å². The third kappa shape index (κ3) is 3.18. The van der Waals surface area contributed by atoms with Crippen molar-refractivity contribution >= 4 is 22.6 Å². The smallest absolute Gasteiger partial charge is 0.231 e. The fraction of sp³-hybridized carbons (Fsp3) is 0.0870. The van der Waals surface area contributed by atoms with Gasteiger partial charge in [-0.3, -0.25) is 4.79 Å². The summed E-state index contributed by atoms with van der Waals surface area (Å²) in [6.45, 7) is 0.225. The minimum atomic E-state index is -0.0876. The molecule has 0 fully saturated rings. The average Bonchev–Trinajstić information content (AvgIpc) is 3.34. The number of benzene rings is 3. The summed E-state index contributed by atoms with van der Waals surface area (Å²) in [5, 5.41) is 3.99. The third-order valence-corrected chi connectivity index (χ3v) is 4.68. The number of ether oxygens (including phenoxy) is 2. The number of fused-ring (bicyclic) bond motifs is 2. The fourth-order valence-corrected chi connectivity index (χ4v) is 3.28. The normalized spacial score (nSPS) is 12.3. The van der Waals surface area contributed by atoms with Gasteiger partial charge < -0.3 is 19.2 Å². The van der Waals surface area contributed by atoms with Crippen molar-refractivity contribution < 1.29 is 18.7 Å². The van der Waals surface area contributed by atoms with E-state index in [9.17, 15) is 4.79 Å². The standard InChI is InChI=1S/C23H17NO4/c25-23(12-15-5-10-20-22(11-15)27-14-26-20)24-18-8-6-16(7-9-18)21-13-17-3-1-2-4-19(17)28-21/h1-11,13H,12,14H2,(H,24,25). The van der Waals surface area contributed by atoms with E-state index in [4.69, 9.17) is 13.9 Å². The number of amides is 1. The van der Waals surface area contributed by atoms with Gasteiger partial charge >= 0.3 is 0 Å². The molecule has 0 saturated carbocycles. The highest BCUT2D eigenvalue weighted by atomic mass is 16.7. The first kappa shape index (κ1) is 16.4. The molecule has 2 heterocycles. The molecule has 4 aromatic rings. The Labute approximate surface area is 161 Å². The number of hydrogen-bond acceptors (Lipinski definition) is 4. The SMILES string of the molecule is O=C(Cc1ccc2c(c1)OCO2)Nc1ccc(-c2cc3ccccc3o2)cc1. The van der Waals surface area contributed by atoms with Gasteiger partial charge in [-0.2, -0.15) is 0 Å². The highest BCUT2D eigenvalue weighted by Gasteiger charge is 2.14. The van der Waals surface area contributed by atoms with Crippen molar-refractivity contribution in [2.24, 2.45) is 0 Å². The first-order chi connectivity index (χ1) is 13.7.